The number of alkyl halides is 1. The van der Waals surface area contributed by atoms with E-state index >= 15 is 0 Å². The van der Waals surface area contributed by atoms with Crippen LogP contribution in [-0.2, 0) is 14.8 Å². The number of rotatable bonds is 5. The molecule has 0 radical (unpaired) electrons. The van der Waals surface area contributed by atoms with Crippen LogP contribution in [0.3, 0.4) is 0 Å². The molecule has 1 aliphatic carbocycles. The topological polar surface area (TPSA) is 66.5 Å². The van der Waals surface area contributed by atoms with Crippen LogP contribution in [0.2, 0.25) is 4.34 Å². The van der Waals surface area contributed by atoms with Crippen molar-refractivity contribution in [1.29, 1.82) is 0 Å². The SMILES string of the molecule is O=C(NCC1CC1)C1(F)CCCN(S(=O)(=O)c2ccc(Cl)s2)C1. The molecule has 1 saturated heterocycles. The van der Waals surface area contributed by atoms with Gasteiger partial charge in [0.2, 0.25) is 5.67 Å². The third kappa shape index (κ3) is 3.70. The molecule has 1 aromatic rings. The van der Waals surface area contributed by atoms with Gasteiger partial charge in [0.15, 0.2) is 0 Å². The minimum Gasteiger partial charge on any atom is -0.353 e. The lowest BCUT2D eigenvalue weighted by atomic mass is 9.95. The molecule has 2 aliphatic rings. The molecule has 1 saturated carbocycles. The van der Waals surface area contributed by atoms with Crippen molar-refractivity contribution < 1.29 is 17.6 Å². The number of thiophene rings is 1. The van der Waals surface area contributed by atoms with E-state index in [0.29, 0.717) is 23.2 Å². The molecular formula is C14H18ClFN2O3S2. The van der Waals surface area contributed by atoms with Gasteiger partial charge >= 0.3 is 0 Å². The molecule has 2 fully saturated rings. The van der Waals surface area contributed by atoms with Crippen molar-refractivity contribution in [2.45, 2.75) is 35.6 Å². The summed E-state index contributed by atoms with van der Waals surface area (Å²) in [6.45, 7) is 0.235. The molecule has 9 heteroatoms. The van der Waals surface area contributed by atoms with Gasteiger partial charge in [-0.25, -0.2) is 12.8 Å². The largest absolute Gasteiger partial charge is 0.353 e. The Morgan fingerprint density at radius 1 is 1.48 bits per heavy atom. The van der Waals surface area contributed by atoms with E-state index in [0.717, 1.165) is 28.5 Å². The maximum atomic E-state index is 15.0. The zero-order valence-corrected chi connectivity index (χ0v) is 14.8. The molecule has 2 heterocycles. The number of hydrogen-bond acceptors (Lipinski definition) is 4. The number of sulfonamides is 1. The highest BCUT2D eigenvalue weighted by Gasteiger charge is 2.46. The molecule has 1 unspecified atom stereocenters. The lowest BCUT2D eigenvalue weighted by Gasteiger charge is -2.35. The standard InChI is InChI=1S/C14H18ClFN2O3S2/c15-11-4-5-12(22-11)23(20,21)18-7-1-6-14(16,9-18)13(19)17-8-10-2-3-10/h4-5,10H,1-3,6-9H2,(H,17,19). The number of hydrogen-bond donors (Lipinski definition) is 1. The van der Waals surface area contributed by atoms with Gasteiger partial charge in [-0.2, -0.15) is 4.31 Å². The van der Waals surface area contributed by atoms with Crippen molar-refractivity contribution in [1.82, 2.24) is 9.62 Å². The summed E-state index contributed by atoms with van der Waals surface area (Å²) in [6.07, 6.45) is 2.46. The van der Waals surface area contributed by atoms with Crippen molar-refractivity contribution >= 4 is 38.9 Å². The second-order valence-corrected chi connectivity index (χ2v) is 10.00. The molecule has 1 aliphatic heterocycles. The van der Waals surface area contributed by atoms with Gasteiger partial charge in [-0.1, -0.05) is 11.6 Å². The first-order valence-corrected chi connectivity index (χ1v) is 10.2. The van der Waals surface area contributed by atoms with Crippen molar-refractivity contribution in [3.05, 3.63) is 16.5 Å². The summed E-state index contributed by atoms with van der Waals surface area (Å²) < 4.78 is 41.6. The van der Waals surface area contributed by atoms with Crippen molar-refractivity contribution in [3.8, 4) is 0 Å². The van der Waals surface area contributed by atoms with Gasteiger partial charge < -0.3 is 5.32 Å². The van der Waals surface area contributed by atoms with Crippen LogP contribution in [0.15, 0.2) is 16.3 Å². The fraction of sp³-hybridized carbons (Fsp3) is 0.643. The van der Waals surface area contributed by atoms with Crippen LogP contribution >= 0.6 is 22.9 Å². The highest BCUT2D eigenvalue weighted by atomic mass is 35.5. The highest BCUT2D eigenvalue weighted by molar-refractivity contribution is 7.91. The van der Waals surface area contributed by atoms with E-state index in [2.05, 4.69) is 5.32 Å². The Kier molecular flexibility index (Phi) is 4.70. The zero-order valence-electron chi connectivity index (χ0n) is 12.4. The molecule has 1 aromatic heterocycles. The predicted molar refractivity (Wildman–Crippen MR) is 86.9 cm³/mol. The second kappa shape index (κ2) is 6.31. The summed E-state index contributed by atoms with van der Waals surface area (Å²) in [6, 6.07) is 2.90. The third-order valence-electron chi connectivity index (χ3n) is 4.21. The van der Waals surface area contributed by atoms with E-state index in [1.54, 1.807) is 0 Å². The van der Waals surface area contributed by atoms with Gasteiger partial charge in [0.1, 0.15) is 4.21 Å². The molecule has 1 N–H and O–H groups in total. The molecule has 5 nitrogen and oxygen atoms in total. The number of nitrogens with zero attached hydrogens (tertiary/aromatic N) is 1. The minimum atomic E-state index is -3.82. The lowest BCUT2D eigenvalue weighted by molar-refractivity contribution is -0.135. The van der Waals surface area contributed by atoms with E-state index in [1.807, 2.05) is 0 Å². The van der Waals surface area contributed by atoms with Crippen LogP contribution in [0.4, 0.5) is 4.39 Å². The molecule has 1 atom stereocenters. The first-order valence-electron chi connectivity index (χ1n) is 7.54. The Morgan fingerprint density at radius 3 is 2.83 bits per heavy atom. The van der Waals surface area contributed by atoms with Gasteiger partial charge in [0.05, 0.1) is 10.9 Å². The van der Waals surface area contributed by atoms with E-state index in [1.165, 1.54) is 12.1 Å². The average molecular weight is 381 g/mol. The van der Waals surface area contributed by atoms with Crippen LogP contribution < -0.4 is 5.32 Å². The van der Waals surface area contributed by atoms with Crippen LogP contribution in [0.1, 0.15) is 25.7 Å². The van der Waals surface area contributed by atoms with E-state index < -0.39 is 28.1 Å². The fourth-order valence-corrected chi connectivity index (χ4v) is 5.80. The Bertz CT molecular complexity index is 705. The number of halogens is 2. The lowest BCUT2D eigenvalue weighted by Crippen LogP contribution is -2.55. The summed E-state index contributed by atoms with van der Waals surface area (Å²) in [7, 11) is -3.82. The van der Waals surface area contributed by atoms with Gasteiger partial charge in [0.25, 0.3) is 15.9 Å². The fourth-order valence-electron chi connectivity index (χ4n) is 2.64. The molecule has 3 rings (SSSR count). The monoisotopic (exact) mass is 380 g/mol. The maximum absolute atomic E-state index is 15.0. The van der Waals surface area contributed by atoms with Gasteiger partial charge in [0, 0.05) is 13.1 Å². The first-order chi connectivity index (χ1) is 10.8. The second-order valence-electron chi connectivity index (χ2n) is 6.12. The summed E-state index contributed by atoms with van der Waals surface area (Å²) in [4.78, 5) is 12.1. The Balaban J connectivity index is 1.72. The van der Waals surface area contributed by atoms with Gasteiger partial charge in [-0.15, -0.1) is 11.3 Å². The van der Waals surface area contributed by atoms with Crippen LogP contribution in [-0.4, -0.2) is 43.9 Å². The summed E-state index contributed by atoms with van der Waals surface area (Å²) in [5.74, 6) is -0.257. The number of amides is 1. The highest BCUT2D eigenvalue weighted by Crippen LogP contribution is 2.33. The minimum absolute atomic E-state index is 0.0424. The predicted octanol–water partition coefficient (Wildman–Crippen LogP) is 2.42. The molecule has 0 spiro atoms. The van der Waals surface area contributed by atoms with E-state index in [-0.39, 0.29) is 17.2 Å². The van der Waals surface area contributed by atoms with Crippen LogP contribution in [0.25, 0.3) is 0 Å². The Morgan fingerprint density at radius 2 is 2.22 bits per heavy atom. The van der Waals surface area contributed by atoms with Crippen LogP contribution in [0.5, 0.6) is 0 Å². The number of nitrogens with one attached hydrogen (secondary N) is 1. The molecule has 23 heavy (non-hydrogen) atoms. The van der Waals surface area contributed by atoms with Gasteiger partial charge in [-0.05, 0) is 43.7 Å². The smallest absolute Gasteiger partial charge is 0.259 e. The Hall–Kier alpha value is -0.700. The summed E-state index contributed by atoms with van der Waals surface area (Å²) >= 11 is 6.72. The van der Waals surface area contributed by atoms with E-state index in [9.17, 15) is 17.6 Å². The maximum Gasteiger partial charge on any atom is 0.259 e. The number of carbonyl (C=O) groups is 1. The average Bonchev–Trinajstić information content (AvgIpc) is 3.24. The molecule has 0 aromatic carbocycles. The molecule has 1 amide bonds. The quantitative estimate of drug-likeness (QED) is 0.853. The molecule has 0 bridgehead atoms. The first kappa shape index (κ1) is 17.1. The third-order valence-corrected chi connectivity index (χ3v) is 7.75. The molecule has 128 valence electrons. The van der Waals surface area contributed by atoms with Crippen molar-refractivity contribution in [3.63, 3.8) is 0 Å². The van der Waals surface area contributed by atoms with Crippen LogP contribution in [0, 0.1) is 5.92 Å². The van der Waals surface area contributed by atoms with Crippen molar-refractivity contribution in [2.24, 2.45) is 5.92 Å². The number of carbonyl (C=O) groups excluding carboxylic acids is 1. The summed E-state index contributed by atoms with van der Waals surface area (Å²) in [5, 5.41) is 2.62. The van der Waals surface area contributed by atoms with Gasteiger partial charge in [-0.3, -0.25) is 4.79 Å². The molecular weight excluding hydrogens is 363 g/mol. The number of piperidine rings is 1. The van der Waals surface area contributed by atoms with Crippen molar-refractivity contribution in [2.75, 3.05) is 19.6 Å². The van der Waals surface area contributed by atoms with E-state index in [4.69, 9.17) is 11.6 Å². The normalized spacial score (nSPS) is 26.2. The summed E-state index contributed by atoms with van der Waals surface area (Å²) in [5.41, 5.74) is -2.17. The Labute approximate surface area is 143 Å². The zero-order chi connectivity index (χ0) is 16.7.